The van der Waals surface area contributed by atoms with Crippen molar-refractivity contribution < 1.29 is 28.7 Å². The second-order valence-electron chi connectivity index (χ2n) is 9.58. The van der Waals surface area contributed by atoms with E-state index in [0.717, 1.165) is 0 Å². The molecule has 1 rings (SSSR count). The number of likely N-dealkylation sites (tertiary alicyclic amines) is 1. The zero-order valence-electron chi connectivity index (χ0n) is 19.6. The number of carbonyl (C=O) groups excluding carboxylic acids is 4. The van der Waals surface area contributed by atoms with Crippen LogP contribution in [0.2, 0.25) is 0 Å². The van der Waals surface area contributed by atoms with Crippen LogP contribution in [0.4, 0.5) is 9.59 Å². The molecule has 3 N–H and O–H groups in total. The van der Waals surface area contributed by atoms with Gasteiger partial charge in [0.1, 0.15) is 11.2 Å². The monoisotopic (exact) mass is 442 g/mol. The number of piperidine rings is 1. The lowest BCUT2D eigenvalue weighted by atomic mass is 10.0. The molecule has 0 aromatic carbocycles. The SMILES string of the molecule is CC(C)(C)OC(=O)NCCC(=O)NC1CCN(C(=O)CCNC(=O)OC(C)(C)C)CC1. The number of alkyl carbamates (subject to hydrolysis) is 2. The summed E-state index contributed by atoms with van der Waals surface area (Å²) < 4.78 is 10.2. The summed E-state index contributed by atoms with van der Waals surface area (Å²) in [6.45, 7) is 12.2. The summed E-state index contributed by atoms with van der Waals surface area (Å²) in [5.74, 6) is -0.190. The highest BCUT2D eigenvalue weighted by atomic mass is 16.6. The maximum absolute atomic E-state index is 12.3. The number of hydrogen-bond acceptors (Lipinski definition) is 6. The van der Waals surface area contributed by atoms with Crippen LogP contribution in [0.25, 0.3) is 0 Å². The van der Waals surface area contributed by atoms with Gasteiger partial charge in [-0.1, -0.05) is 0 Å². The molecule has 1 heterocycles. The van der Waals surface area contributed by atoms with Gasteiger partial charge in [-0.25, -0.2) is 9.59 Å². The fraction of sp³-hybridized carbons (Fsp3) is 0.810. The van der Waals surface area contributed by atoms with Gasteiger partial charge in [-0.3, -0.25) is 9.59 Å². The predicted octanol–water partition coefficient (Wildman–Crippen LogP) is 1.92. The van der Waals surface area contributed by atoms with Gasteiger partial charge in [0, 0.05) is 45.1 Å². The van der Waals surface area contributed by atoms with Gasteiger partial charge in [-0.15, -0.1) is 0 Å². The van der Waals surface area contributed by atoms with Crippen molar-refractivity contribution in [2.45, 2.75) is 84.5 Å². The highest BCUT2D eigenvalue weighted by Crippen LogP contribution is 2.12. The van der Waals surface area contributed by atoms with E-state index in [1.165, 1.54) is 0 Å². The number of rotatable bonds is 7. The van der Waals surface area contributed by atoms with Crippen molar-refractivity contribution in [1.29, 1.82) is 0 Å². The molecule has 0 aromatic rings. The van der Waals surface area contributed by atoms with Crippen LogP contribution >= 0.6 is 0 Å². The number of nitrogens with one attached hydrogen (secondary N) is 3. The molecule has 0 spiro atoms. The molecule has 178 valence electrons. The molecule has 0 saturated carbocycles. The quantitative estimate of drug-likeness (QED) is 0.553. The van der Waals surface area contributed by atoms with Crippen molar-refractivity contribution in [3.63, 3.8) is 0 Å². The Labute approximate surface area is 184 Å². The minimum Gasteiger partial charge on any atom is -0.444 e. The van der Waals surface area contributed by atoms with Gasteiger partial charge < -0.3 is 30.3 Å². The first-order valence-corrected chi connectivity index (χ1v) is 10.8. The zero-order chi connectivity index (χ0) is 23.7. The van der Waals surface area contributed by atoms with E-state index in [1.807, 2.05) is 0 Å². The van der Waals surface area contributed by atoms with Gasteiger partial charge in [0.25, 0.3) is 0 Å². The highest BCUT2D eigenvalue weighted by Gasteiger charge is 2.24. The van der Waals surface area contributed by atoms with Gasteiger partial charge in [0.2, 0.25) is 11.8 Å². The topological polar surface area (TPSA) is 126 Å². The van der Waals surface area contributed by atoms with E-state index >= 15 is 0 Å². The largest absolute Gasteiger partial charge is 0.444 e. The molecule has 10 heteroatoms. The van der Waals surface area contributed by atoms with Gasteiger partial charge in [0.15, 0.2) is 0 Å². The summed E-state index contributed by atoms with van der Waals surface area (Å²) in [5, 5.41) is 8.07. The van der Waals surface area contributed by atoms with E-state index < -0.39 is 23.4 Å². The third-order valence-corrected chi connectivity index (χ3v) is 4.24. The van der Waals surface area contributed by atoms with Crippen LogP contribution in [-0.4, -0.2) is 72.3 Å². The highest BCUT2D eigenvalue weighted by molar-refractivity contribution is 5.78. The number of hydrogen-bond donors (Lipinski definition) is 3. The van der Waals surface area contributed by atoms with Crippen LogP contribution in [0.1, 0.15) is 67.2 Å². The number of nitrogens with zero attached hydrogens (tertiary/aromatic N) is 1. The van der Waals surface area contributed by atoms with E-state index in [0.29, 0.717) is 25.9 Å². The lowest BCUT2D eigenvalue weighted by Gasteiger charge is -2.32. The molecule has 1 saturated heterocycles. The zero-order valence-corrected chi connectivity index (χ0v) is 19.6. The van der Waals surface area contributed by atoms with E-state index in [1.54, 1.807) is 46.4 Å². The Hall–Kier alpha value is -2.52. The van der Waals surface area contributed by atoms with Crippen molar-refractivity contribution >= 4 is 24.0 Å². The van der Waals surface area contributed by atoms with E-state index in [2.05, 4.69) is 16.0 Å². The molecule has 4 amide bonds. The average Bonchev–Trinajstić information content (AvgIpc) is 2.59. The molecule has 0 aliphatic carbocycles. The van der Waals surface area contributed by atoms with E-state index in [9.17, 15) is 19.2 Å². The molecule has 31 heavy (non-hydrogen) atoms. The minimum atomic E-state index is -0.580. The third kappa shape index (κ3) is 12.7. The number of ether oxygens (including phenoxy) is 2. The molecule has 0 unspecified atom stereocenters. The molecule has 0 bridgehead atoms. The second-order valence-corrected chi connectivity index (χ2v) is 9.58. The van der Waals surface area contributed by atoms with Gasteiger partial charge in [-0.2, -0.15) is 0 Å². The van der Waals surface area contributed by atoms with Crippen LogP contribution in [-0.2, 0) is 19.1 Å². The molecule has 1 aliphatic heterocycles. The maximum atomic E-state index is 12.3. The fourth-order valence-corrected chi connectivity index (χ4v) is 2.91. The number of carbonyl (C=O) groups is 4. The van der Waals surface area contributed by atoms with Crippen molar-refractivity contribution in [3.8, 4) is 0 Å². The van der Waals surface area contributed by atoms with Crippen LogP contribution in [0.15, 0.2) is 0 Å². The molecule has 10 nitrogen and oxygen atoms in total. The van der Waals surface area contributed by atoms with Crippen molar-refractivity contribution in [1.82, 2.24) is 20.9 Å². The van der Waals surface area contributed by atoms with Crippen LogP contribution in [0, 0.1) is 0 Å². The lowest BCUT2D eigenvalue weighted by molar-refractivity contribution is -0.132. The third-order valence-electron chi connectivity index (χ3n) is 4.24. The lowest BCUT2D eigenvalue weighted by Crippen LogP contribution is -2.47. The Morgan fingerprint density at radius 2 is 1.26 bits per heavy atom. The summed E-state index contributed by atoms with van der Waals surface area (Å²) >= 11 is 0. The molecular formula is C21H38N4O6. The number of amides is 4. The van der Waals surface area contributed by atoms with Gasteiger partial charge in [0.05, 0.1) is 0 Å². The van der Waals surface area contributed by atoms with Crippen LogP contribution < -0.4 is 16.0 Å². The van der Waals surface area contributed by atoms with Crippen molar-refractivity contribution in [2.24, 2.45) is 0 Å². The Kier molecular flexibility index (Phi) is 10.1. The first-order chi connectivity index (χ1) is 14.2. The standard InChI is InChI=1S/C21H38N4O6/c1-20(2,3)30-18(28)22-11-7-16(26)24-15-9-13-25(14-10-15)17(27)8-12-23-19(29)31-21(4,5)6/h15H,7-14H2,1-6H3,(H,22,28)(H,23,29)(H,24,26). The first kappa shape index (κ1) is 26.5. The van der Waals surface area contributed by atoms with Crippen molar-refractivity contribution in [3.05, 3.63) is 0 Å². The Balaban J connectivity index is 2.19. The summed E-state index contributed by atoms with van der Waals surface area (Å²) in [6.07, 6.45) is 0.602. The van der Waals surface area contributed by atoms with Gasteiger partial charge >= 0.3 is 12.2 Å². The summed E-state index contributed by atoms with van der Waals surface area (Å²) in [5.41, 5.74) is -1.16. The van der Waals surface area contributed by atoms with Gasteiger partial charge in [-0.05, 0) is 54.4 Å². The molecule has 1 aliphatic rings. The fourth-order valence-electron chi connectivity index (χ4n) is 2.91. The molecule has 0 radical (unpaired) electrons. The van der Waals surface area contributed by atoms with Crippen molar-refractivity contribution in [2.75, 3.05) is 26.2 Å². The average molecular weight is 443 g/mol. The Morgan fingerprint density at radius 3 is 1.71 bits per heavy atom. The van der Waals surface area contributed by atoms with E-state index in [-0.39, 0.29) is 43.8 Å². The van der Waals surface area contributed by atoms with Crippen LogP contribution in [0.5, 0.6) is 0 Å². The normalized spacial score (nSPS) is 15.1. The molecular weight excluding hydrogens is 404 g/mol. The van der Waals surface area contributed by atoms with E-state index in [4.69, 9.17) is 9.47 Å². The minimum absolute atomic E-state index is 0.00188. The molecule has 1 fully saturated rings. The second kappa shape index (κ2) is 11.8. The first-order valence-electron chi connectivity index (χ1n) is 10.8. The van der Waals surface area contributed by atoms with Crippen LogP contribution in [0.3, 0.4) is 0 Å². The molecule has 0 atom stereocenters. The molecule has 0 aromatic heterocycles. The Bertz CT molecular complexity index is 631. The predicted molar refractivity (Wildman–Crippen MR) is 115 cm³/mol. The maximum Gasteiger partial charge on any atom is 0.407 e. The summed E-state index contributed by atoms with van der Waals surface area (Å²) in [7, 11) is 0. The summed E-state index contributed by atoms with van der Waals surface area (Å²) in [6, 6.07) is -0.00188. The smallest absolute Gasteiger partial charge is 0.407 e. The summed E-state index contributed by atoms with van der Waals surface area (Å²) in [4.78, 5) is 49.3. The Morgan fingerprint density at radius 1 is 0.806 bits per heavy atom.